The summed E-state index contributed by atoms with van der Waals surface area (Å²) in [6, 6.07) is 15.6. The molecule has 2 atom stereocenters. The summed E-state index contributed by atoms with van der Waals surface area (Å²) < 4.78 is 5.47. The zero-order valence-corrected chi connectivity index (χ0v) is 13.0. The number of aliphatic carboxylic acids is 2. The van der Waals surface area contributed by atoms with Gasteiger partial charge in [0.15, 0.2) is 0 Å². The molecule has 0 bridgehead atoms. The fraction of sp³-hybridized carbons (Fsp3) is 0.222. The average molecular weight is 329 g/mol. The largest absolute Gasteiger partial charge is 0.488 e. The Morgan fingerprint density at radius 2 is 1.54 bits per heavy atom. The molecule has 0 heterocycles. The second-order valence-corrected chi connectivity index (χ2v) is 5.42. The highest BCUT2D eigenvalue weighted by Crippen LogP contribution is 2.18. The number of nitrogens with two attached hydrogens (primary N) is 1. The van der Waals surface area contributed by atoms with Crippen molar-refractivity contribution < 1.29 is 24.5 Å². The molecule has 2 aromatic carbocycles. The lowest BCUT2D eigenvalue weighted by molar-refractivity contribution is -0.143. The Balaban J connectivity index is 2.05. The number of carbonyl (C=O) groups is 2. The Morgan fingerprint density at radius 3 is 2.08 bits per heavy atom. The number of carboxylic acid groups (broad SMARTS) is 2. The molecule has 6 nitrogen and oxygen atoms in total. The summed E-state index contributed by atoms with van der Waals surface area (Å²) in [5.74, 6) is -2.09. The molecule has 24 heavy (non-hydrogen) atoms. The molecule has 0 saturated carbocycles. The second kappa shape index (κ2) is 8.12. The molecule has 0 aliphatic rings. The summed E-state index contributed by atoms with van der Waals surface area (Å²) in [7, 11) is 0. The van der Waals surface area contributed by atoms with Crippen LogP contribution in [0, 0.1) is 0 Å². The minimum absolute atomic E-state index is 0.384. The van der Waals surface area contributed by atoms with Crippen molar-refractivity contribution in [2.75, 3.05) is 0 Å². The molecule has 126 valence electrons. The van der Waals surface area contributed by atoms with Crippen LogP contribution in [0.2, 0.25) is 0 Å². The van der Waals surface area contributed by atoms with Crippen LogP contribution in [0.1, 0.15) is 17.5 Å². The van der Waals surface area contributed by atoms with Gasteiger partial charge in [0.2, 0.25) is 0 Å². The van der Waals surface area contributed by atoms with Gasteiger partial charge in [-0.05, 0) is 29.7 Å². The molecule has 0 fully saturated rings. The lowest BCUT2D eigenvalue weighted by Crippen LogP contribution is -2.46. The van der Waals surface area contributed by atoms with Crippen molar-refractivity contribution in [3.05, 3.63) is 65.7 Å². The van der Waals surface area contributed by atoms with E-state index in [0.717, 1.165) is 12.0 Å². The Bertz CT molecular complexity index is 684. The van der Waals surface area contributed by atoms with Gasteiger partial charge in [0.05, 0.1) is 6.42 Å². The van der Waals surface area contributed by atoms with Crippen LogP contribution >= 0.6 is 0 Å². The van der Waals surface area contributed by atoms with Crippen LogP contribution in [0.15, 0.2) is 54.6 Å². The number of carboxylic acids is 2. The maximum Gasteiger partial charge on any atom is 0.324 e. The predicted octanol–water partition coefficient (Wildman–Crippen LogP) is 1.91. The van der Waals surface area contributed by atoms with Crippen LogP contribution in [0.3, 0.4) is 0 Å². The first kappa shape index (κ1) is 17.5. The Morgan fingerprint density at radius 1 is 0.958 bits per heavy atom. The molecule has 0 aromatic heterocycles. The predicted molar refractivity (Wildman–Crippen MR) is 88.0 cm³/mol. The zero-order chi connectivity index (χ0) is 17.5. The number of hydrogen-bond donors (Lipinski definition) is 3. The summed E-state index contributed by atoms with van der Waals surface area (Å²) in [6.07, 6.45) is -0.868. The van der Waals surface area contributed by atoms with Crippen LogP contribution in [-0.2, 0) is 16.0 Å². The maximum atomic E-state index is 11.0. The number of rotatable bonds is 8. The standard InChI is InChI=1S/C18H19NO5/c19-17(18(22)23)15(11-16(20)21)24-14-8-6-13(7-9-14)10-12-4-2-1-3-5-12/h1-9,15,17H,10-11,19H2,(H,20,21)(H,22,23)/t15?,17-/m0/s1. The van der Waals surface area contributed by atoms with E-state index in [0.29, 0.717) is 5.75 Å². The summed E-state index contributed by atoms with van der Waals surface area (Å²) in [4.78, 5) is 21.8. The normalized spacial score (nSPS) is 13.0. The van der Waals surface area contributed by atoms with E-state index in [1.165, 1.54) is 5.56 Å². The summed E-state index contributed by atoms with van der Waals surface area (Å²) in [6.45, 7) is 0. The van der Waals surface area contributed by atoms with Gasteiger partial charge in [-0.1, -0.05) is 42.5 Å². The molecule has 0 radical (unpaired) electrons. The summed E-state index contributed by atoms with van der Waals surface area (Å²) in [5, 5.41) is 17.8. The first-order chi connectivity index (χ1) is 11.5. The molecule has 4 N–H and O–H groups in total. The Labute approximate surface area is 139 Å². The van der Waals surface area contributed by atoms with Crippen molar-refractivity contribution in [1.82, 2.24) is 0 Å². The zero-order valence-electron chi connectivity index (χ0n) is 13.0. The topological polar surface area (TPSA) is 110 Å². The molecule has 0 saturated heterocycles. The third kappa shape index (κ3) is 5.10. The van der Waals surface area contributed by atoms with Gasteiger partial charge < -0.3 is 20.7 Å². The van der Waals surface area contributed by atoms with Gasteiger partial charge in [-0.15, -0.1) is 0 Å². The van der Waals surface area contributed by atoms with Crippen LogP contribution in [-0.4, -0.2) is 34.3 Å². The minimum atomic E-state index is -1.41. The lowest BCUT2D eigenvalue weighted by atomic mass is 10.0. The third-order valence-corrected chi connectivity index (χ3v) is 3.52. The van der Waals surface area contributed by atoms with Gasteiger partial charge in [0.1, 0.15) is 17.9 Å². The van der Waals surface area contributed by atoms with E-state index in [-0.39, 0.29) is 0 Å². The van der Waals surface area contributed by atoms with Crippen LogP contribution in [0.5, 0.6) is 5.75 Å². The van der Waals surface area contributed by atoms with Gasteiger partial charge >= 0.3 is 11.9 Å². The average Bonchev–Trinajstić information content (AvgIpc) is 2.56. The van der Waals surface area contributed by atoms with E-state index >= 15 is 0 Å². The second-order valence-electron chi connectivity index (χ2n) is 5.42. The van der Waals surface area contributed by atoms with Crippen molar-refractivity contribution in [2.45, 2.75) is 25.0 Å². The van der Waals surface area contributed by atoms with Crippen molar-refractivity contribution in [3.8, 4) is 5.75 Å². The van der Waals surface area contributed by atoms with E-state index in [1.54, 1.807) is 12.1 Å². The van der Waals surface area contributed by atoms with Gasteiger partial charge in [-0.2, -0.15) is 0 Å². The van der Waals surface area contributed by atoms with Gasteiger partial charge in [-0.3, -0.25) is 9.59 Å². The Hall–Kier alpha value is -2.86. The van der Waals surface area contributed by atoms with E-state index < -0.39 is 30.5 Å². The smallest absolute Gasteiger partial charge is 0.324 e. The fourth-order valence-electron chi connectivity index (χ4n) is 2.27. The van der Waals surface area contributed by atoms with Gasteiger partial charge in [-0.25, -0.2) is 0 Å². The number of ether oxygens (including phenoxy) is 1. The van der Waals surface area contributed by atoms with E-state index in [2.05, 4.69) is 0 Å². The quantitative estimate of drug-likeness (QED) is 0.682. The fourth-order valence-corrected chi connectivity index (χ4v) is 2.27. The lowest BCUT2D eigenvalue weighted by Gasteiger charge is -2.21. The van der Waals surface area contributed by atoms with Gasteiger partial charge in [0.25, 0.3) is 0 Å². The third-order valence-electron chi connectivity index (χ3n) is 3.52. The van der Waals surface area contributed by atoms with Crippen molar-refractivity contribution >= 4 is 11.9 Å². The highest BCUT2D eigenvalue weighted by molar-refractivity contribution is 5.76. The molecule has 0 spiro atoms. The molecule has 6 heteroatoms. The molecule has 2 aromatic rings. The molecule has 0 amide bonds. The van der Waals surface area contributed by atoms with E-state index in [4.69, 9.17) is 20.7 Å². The molecule has 1 unspecified atom stereocenters. The highest BCUT2D eigenvalue weighted by Gasteiger charge is 2.28. The van der Waals surface area contributed by atoms with Crippen LogP contribution in [0.4, 0.5) is 0 Å². The first-order valence-corrected chi connectivity index (χ1v) is 7.45. The molecular formula is C18H19NO5. The molecular weight excluding hydrogens is 310 g/mol. The first-order valence-electron chi connectivity index (χ1n) is 7.45. The molecule has 2 rings (SSSR count). The maximum absolute atomic E-state index is 11.0. The number of hydrogen-bond acceptors (Lipinski definition) is 4. The molecule has 0 aliphatic heterocycles. The minimum Gasteiger partial charge on any atom is -0.488 e. The highest BCUT2D eigenvalue weighted by atomic mass is 16.5. The van der Waals surface area contributed by atoms with Crippen molar-refractivity contribution in [2.24, 2.45) is 5.73 Å². The SMILES string of the molecule is N[C@H](C(=O)O)C(CC(=O)O)Oc1ccc(Cc2ccccc2)cc1. The van der Waals surface area contributed by atoms with Crippen molar-refractivity contribution in [1.29, 1.82) is 0 Å². The van der Waals surface area contributed by atoms with Crippen LogP contribution in [0.25, 0.3) is 0 Å². The monoisotopic (exact) mass is 329 g/mol. The Kier molecular flexibility index (Phi) is 5.92. The van der Waals surface area contributed by atoms with Crippen molar-refractivity contribution in [3.63, 3.8) is 0 Å². The van der Waals surface area contributed by atoms with E-state index in [9.17, 15) is 9.59 Å². The summed E-state index contributed by atoms with van der Waals surface area (Å²) in [5.41, 5.74) is 7.73. The van der Waals surface area contributed by atoms with Gasteiger partial charge in [0, 0.05) is 0 Å². The molecule has 0 aliphatic carbocycles. The summed E-state index contributed by atoms with van der Waals surface area (Å²) >= 11 is 0. The van der Waals surface area contributed by atoms with Crippen LogP contribution < -0.4 is 10.5 Å². The number of benzene rings is 2. The van der Waals surface area contributed by atoms with E-state index in [1.807, 2.05) is 42.5 Å².